The van der Waals surface area contributed by atoms with Crippen molar-refractivity contribution in [2.24, 2.45) is 5.84 Å². The predicted molar refractivity (Wildman–Crippen MR) is 68.0 cm³/mol. The molecule has 16 heavy (non-hydrogen) atoms. The number of nitrogens with one attached hydrogen (secondary N) is 1. The first-order valence-corrected chi connectivity index (χ1v) is 6.30. The van der Waals surface area contributed by atoms with Gasteiger partial charge < -0.3 is 0 Å². The highest BCUT2D eigenvalue weighted by Gasteiger charge is 2.16. The van der Waals surface area contributed by atoms with Crippen LogP contribution in [-0.2, 0) is 0 Å². The van der Waals surface area contributed by atoms with Gasteiger partial charge in [0.1, 0.15) is 6.33 Å². The third-order valence-electron chi connectivity index (χ3n) is 2.24. The van der Waals surface area contributed by atoms with Crippen LogP contribution in [0.1, 0.15) is 22.0 Å². The van der Waals surface area contributed by atoms with Crippen LogP contribution in [0.4, 0.5) is 0 Å². The number of hydrazine groups is 1. The third-order valence-corrected chi connectivity index (χ3v) is 4.44. The van der Waals surface area contributed by atoms with Crippen LogP contribution in [0.25, 0.3) is 0 Å². The van der Waals surface area contributed by atoms with Crippen molar-refractivity contribution < 1.29 is 0 Å². The van der Waals surface area contributed by atoms with Gasteiger partial charge in [-0.3, -0.25) is 5.84 Å². The number of nitrogens with zero attached hydrogens (tertiary/aromatic N) is 2. The molecule has 0 aliphatic heterocycles. The van der Waals surface area contributed by atoms with Gasteiger partial charge in [-0.1, -0.05) is 0 Å². The van der Waals surface area contributed by atoms with E-state index in [1.54, 1.807) is 23.7 Å². The van der Waals surface area contributed by atoms with Crippen molar-refractivity contribution in [3.05, 3.63) is 44.6 Å². The van der Waals surface area contributed by atoms with Crippen LogP contribution in [0.3, 0.4) is 0 Å². The van der Waals surface area contributed by atoms with E-state index in [1.807, 2.05) is 0 Å². The van der Waals surface area contributed by atoms with E-state index in [2.05, 4.69) is 44.3 Å². The van der Waals surface area contributed by atoms with Gasteiger partial charge in [-0.25, -0.2) is 15.4 Å². The molecule has 2 aromatic rings. The van der Waals surface area contributed by atoms with Crippen LogP contribution in [0.15, 0.2) is 28.6 Å². The zero-order valence-electron chi connectivity index (χ0n) is 8.64. The fourth-order valence-electron chi connectivity index (χ4n) is 1.43. The van der Waals surface area contributed by atoms with E-state index in [1.165, 1.54) is 11.9 Å². The number of aromatic nitrogens is 2. The molecule has 0 bridgehead atoms. The number of hydrogen-bond donors (Lipinski definition) is 2. The first kappa shape index (κ1) is 11.7. The molecule has 2 heterocycles. The highest BCUT2D eigenvalue weighted by molar-refractivity contribution is 9.11. The topological polar surface area (TPSA) is 63.8 Å². The summed E-state index contributed by atoms with van der Waals surface area (Å²) in [6, 6.07) is 2.04. The van der Waals surface area contributed by atoms with Crippen LogP contribution in [-0.4, -0.2) is 9.97 Å². The molecule has 1 unspecified atom stereocenters. The Hall–Kier alpha value is -0.820. The van der Waals surface area contributed by atoms with Crippen molar-refractivity contribution in [2.45, 2.75) is 13.0 Å². The van der Waals surface area contributed by atoms with Crippen molar-refractivity contribution in [3.8, 4) is 0 Å². The second-order valence-electron chi connectivity index (χ2n) is 3.38. The van der Waals surface area contributed by atoms with Crippen molar-refractivity contribution in [1.29, 1.82) is 0 Å². The maximum atomic E-state index is 5.58. The van der Waals surface area contributed by atoms with Crippen molar-refractivity contribution >= 4 is 27.3 Å². The Labute approximate surface area is 106 Å². The summed E-state index contributed by atoms with van der Waals surface area (Å²) < 4.78 is 1.12. The Morgan fingerprint density at radius 1 is 1.44 bits per heavy atom. The molecule has 6 heteroatoms. The lowest BCUT2D eigenvalue weighted by Gasteiger charge is -2.13. The minimum Gasteiger partial charge on any atom is -0.271 e. The quantitative estimate of drug-likeness (QED) is 0.673. The van der Waals surface area contributed by atoms with Gasteiger partial charge in [0.05, 0.1) is 9.83 Å². The molecule has 0 aliphatic carbocycles. The number of nitrogens with two attached hydrogens (primary N) is 1. The fraction of sp³-hybridized carbons (Fsp3) is 0.200. The van der Waals surface area contributed by atoms with Crippen molar-refractivity contribution in [3.63, 3.8) is 0 Å². The van der Waals surface area contributed by atoms with Gasteiger partial charge in [-0.05, 0) is 34.5 Å². The Bertz CT molecular complexity index is 451. The molecule has 0 aliphatic rings. The Kier molecular flexibility index (Phi) is 3.65. The summed E-state index contributed by atoms with van der Waals surface area (Å²) in [6.07, 6.45) is 5.04. The van der Waals surface area contributed by atoms with E-state index in [-0.39, 0.29) is 6.04 Å². The Morgan fingerprint density at radius 2 is 2.12 bits per heavy atom. The average molecular weight is 299 g/mol. The Morgan fingerprint density at radius 3 is 2.62 bits per heavy atom. The summed E-state index contributed by atoms with van der Waals surface area (Å²) in [7, 11) is 0. The van der Waals surface area contributed by atoms with Crippen molar-refractivity contribution in [1.82, 2.24) is 15.4 Å². The summed E-state index contributed by atoms with van der Waals surface area (Å²) in [5, 5.41) is 0. The monoisotopic (exact) mass is 298 g/mol. The molecule has 2 rings (SSSR count). The maximum Gasteiger partial charge on any atom is 0.115 e. The lowest BCUT2D eigenvalue weighted by Crippen LogP contribution is -2.28. The second-order valence-corrected chi connectivity index (χ2v) is 5.78. The van der Waals surface area contributed by atoms with Crippen LogP contribution in [0.2, 0.25) is 0 Å². The second kappa shape index (κ2) is 5.01. The van der Waals surface area contributed by atoms with Gasteiger partial charge in [0.2, 0.25) is 0 Å². The molecule has 0 spiro atoms. The van der Waals surface area contributed by atoms with Gasteiger partial charge in [-0.15, -0.1) is 11.3 Å². The molecule has 3 N–H and O–H groups in total. The minimum absolute atomic E-state index is 0.0591. The summed E-state index contributed by atoms with van der Waals surface area (Å²) >= 11 is 5.17. The Balaban J connectivity index is 2.37. The first-order chi connectivity index (χ1) is 7.72. The van der Waals surface area contributed by atoms with Gasteiger partial charge in [0.25, 0.3) is 0 Å². The molecule has 0 amide bonds. The van der Waals surface area contributed by atoms with Gasteiger partial charge >= 0.3 is 0 Å². The molecule has 0 fully saturated rings. The molecule has 0 aromatic carbocycles. The highest BCUT2D eigenvalue weighted by atomic mass is 79.9. The normalized spacial score (nSPS) is 12.7. The molecular weight excluding hydrogens is 288 g/mol. The summed E-state index contributed by atoms with van der Waals surface area (Å²) in [5.41, 5.74) is 4.95. The highest BCUT2D eigenvalue weighted by Crippen LogP contribution is 2.33. The van der Waals surface area contributed by atoms with Crippen LogP contribution in [0.5, 0.6) is 0 Å². The molecule has 0 radical (unpaired) electrons. The van der Waals surface area contributed by atoms with E-state index in [9.17, 15) is 0 Å². The predicted octanol–water partition coefficient (Wildman–Crippen LogP) is 2.16. The number of halogens is 1. The number of rotatable bonds is 3. The summed E-state index contributed by atoms with van der Waals surface area (Å²) in [5.74, 6) is 5.58. The van der Waals surface area contributed by atoms with E-state index in [4.69, 9.17) is 5.84 Å². The molecule has 84 valence electrons. The molecule has 2 aromatic heterocycles. The SMILES string of the molecule is Cc1cc(C(NN)c2cncnc2)sc1Br. The van der Waals surface area contributed by atoms with Gasteiger partial charge in [0, 0.05) is 22.8 Å². The van der Waals surface area contributed by atoms with Crippen molar-refractivity contribution in [2.75, 3.05) is 0 Å². The largest absolute Gasteiger partial charge is 0.271 e. The number of hydrogen-bond acceptors (Lipinski definition) is 5. The average Bonchev–Trinajstić information content (AvgIpc) is 2.61. The van der Waals surface area contributed by atoms with Gasteiger partial charge in [0.15, 0.2) is 0 Å². The fourth-order valence-corrected chi connectivity index (χ4v) is 3.09. The van der Waals surface area contributed by atoms with E-state index in [0.717, 1.165) is 14.2 Å². The maximum absolute atomic E-state index is 5.58. The standard InChI is InChI=1S/C10H11BrN4S/c1-6-2-8(16-10(6)11)9(15-12)7-3-13-5-14-4-7/h2-5,9,15H,12H2,1H3. The van der Waals surface area contributed by atoms with E-state index < -0.39 is 0 Å². The summed E-state index contributed by atoms with van der Waals surface area (Å²) in [4.78, 5) is 9.13. The smallest absolute Gasteiger partial charge is 0.115 e. The number of thiophene rings is 1. The first-order valence-electron chi connectivity index (χ1n) is 4.69. The zero-order chi connectivity index (χ0) is 11.5. The van der Waals surface area contributed by atoms with Crippen LogP contribution in [0, 0.1) is 6.92 Å². The lowest BCUT2D eigenvalue weighted by atomic mass is 10.1. The molecule has 1 atom stereocenters. The number of aryl methyl sites for hydroxylation is 1. The lowest BCUT2D eigenvalue weighted by molar-refractivity contribution is 0.641. The van der Waals surface area contributed by atoms with E-state index >= 15 is 0 Å². The summed E-state index contributed by atoms with van der Waals surface area (Å²) in [6.45, 7) is 2.05. The molecule has 4 nitrogen and oxygen atoms in total. The molecular formula is C10H11BrN4S. The van der Waals surface area contributed by atoms with E-state index in [0.29, 0.717) is 0 Å². The zero-order valence-corrected chi connectivity index (χ0v) is 11.0. The van der Waals surface area contributed by atoms with Gasteiger partial charge in [-0.2, -0.15) is 0 Å². The van der Waals surface area contributed by atoms with Crippen LogP contribution >= 0.6 is 27.3 Å². The molecule has 0 saturated carbocycles. The molecule has 0 saturated heterocycles. The minimum atomic E-state index is -0.0591. The third kappa shape index (κ3) is 2.30. The van der Waals surface area contributed by atoms with Crippen LogP contribution < -0.4 is 11.3 Å².